The van der Waals surface area contributed by atoms with Crippen LogP contribution in [0, 0.1) is 6.92 Å². The fraction of sp³-hybridized carbons (Fsp3) is 0.143. The molecule has 2 rings (SSSR count). The molecule has 0 unspecified atom stereocenters. The summed E-state index contributed by atoms with van der Waals surface area (Å²) in [6.07, 6.45) is 0. The van der Waals surface area contributed by atoms with Gasteiger partial charge in [0, 0.05) is 16.0 Å². The van der Waals surface area contributed by atoms with Crippen LogP contribution >= 0.6 is 31.9 Å². The highest BCUT2D eigenvalue weighted by molar-refractivity contribution is 9.11. The lowest BCUT2D eigenvalue weighted by molar-refractivity contribution is 0.594. The first-order chi connectivity index (χ1) is 9.73. The fourth-order valence-corrected chi connectivity index (χ4v) is 5.15. The van der Waals surface area contributed by atoms with Crippen molar-refractivity contribution in [1.82, 2.24) is 0 Å². The van der Waals surface area contributed by atoms with Crippen LogP contribution in [0.4, 0.5) is 11.4 Å². The molecule has 0 aliphatic carbocycles. The average Bonchev–Trinajstić information content (AvgIpc) is 2.36. The molecule has 0 heterocycles. The van der Waals surface area contributed by atoms with Crippen molar-refractivity contribution in [3.63, 3.8) is 0 Å². The highest BCUT2D eigenvalue weighted by atomic mass is 79.9. The predicted octanol–water partition coefficient (Wildman–Crippen LogP) is 3.93. The number of nitrogen functional groups attached to an aromatic ring is 1. The third kappa shape index (κ3) is 3.25. The second-order valence-corrected chi connectivity index (χ2v) is 8.29. The van der Waals surface area contributed by atoms with Gasteiger partial charge in [-0.25, -0.2) is 8.42 Å². The number of nitrogens with zero attached hydrogens (tertiary/aromatic N) is 1. The first-order valence-electron chi connectivity index (χ1n) is 6.03. The number of benzene rings is 2. The number of nitrogens with two attached hydrogens (primary N) is 1. The number of hydrogen-bond acceptors (Lipinski definition) is 3. The minimum absolute atomic E-state index is 0.0645. The number of sulfonamides is 1. The van der Waals surface area contributed by atoms with Crippen molar-refractivity contribution in [3.8, 4) is 0 Å². The zero-order chi connectivity index (χ0) is 15.8. The van der Waals surface area contributed by atoms with Gasteiger partial charge in [-0.15, -0.1) is 0 Å². The summed E-state index contributed by atoms with van der Waals surface area (Å²) < 4.78 is 28.0. The third-order valence-electron chi connectivity index (χ3n) is 3.02. The Hall–Kier alpha value is -1.05. The maximum absolute atomic E-state index is 12.8. The summed E-state index contributed by atoms with van der Waals surface area (Å²) in [5.74, 6) is 0. The van der Waals surface area contributed by atoms with Crippen LogP contribution in [0.3, 0.4) is 0 Å². The molecule has 0 atom stereocenters. The van der Waals surface area contributed by atoms with Gasteiger partial charge >= 0.3 is 0 Å². The third-order valence-corrected chi connectivity index (χ3v) is 6.27. The first-order valence-corrected chi connectivity index (χ1v) is 9.06. The maximum atomic E-state index is 12.8. The van der Waals surface area contributed by atoms with Crippen LogP contribution in [0.1, 0.15) is 5.56 Å². The van der Waals surface area contributed by atoms with Crippen LogP contribution in [0.5, 0.6) is 0 Å². The molecule has 0 fully saturated rings. The summed E-state index contributed by atoms with van der Waals surface area (Å²) in [6, 6.07) is 10.5. The van der Waals surface area contributed by atoms with E-state index in [1.807, 2.05) is 19.1 Å². The second-order valence-electron chi connectivity index (χ2n) is 4.62. The van der Waals surface area contributed by atoms with Gasteiger partial charge < -0.3 is 5.73 Å². The van der Waals surface area contributed by atoms with Crippen molar-refractivity contribution in [2.45, 2.75) is 11.8 Å². The molecule has 0 bridgehead atoms. The van der Waals surface area contributed by atoms with Crippen LogP contribution < -0.4 is 10.0 Å². The van der Waals surface area contributed by atoms with Crippen LogP contribution in [0.15, 0.2) is 50.2 Å². The molecular weight excluding hydrogens is 420 g/mol. The first kappa shape index (κ1) is 16.3. The van der Waals surface area contributed by atoms with Gasteiger partial charge in [0.15, 0.2) is 0 Å². The number of anilines is 2. The van der Waals surface area contributed by atoms with E-state index < -0.39 is 10.0 Å². The Bertz CT molecular complexity index is 768. The lowest BCUT2D eigenvalue weighted by atomic mass is 10.2. The van der Waals surface area contributed by atoms with Gasteiger partial charge in [0.1, 0.15) is 4.90 Å². The quantitative estimate of drug-likeness (QED) is 0.746. The predicted molar refractivity (Wildman–Crippen MR) is 93.0 cm³/mol. The molecule has 0 saturated carbocycles. The van der Waals surface area contributed by atoms with Crippen molar-refractivity contribution in [1.29, 1.82) is 0 Å². The van der Waals surface area contributed by atoms with E-state index in [1.165, 1.54) is 11.4 Å². The van der Waals surface area contributed by atoms with Gasteiger partial charge in [-0.2, -0.15) is 0 Å². The average molecular weight is 434 g/mol. The van der Waals surface area contributed by atoms with Gasteiger partial charge in [-0.1, -0.05) is 28.1 Å². The number of rotatable bonds is 3. The number of halogens is 2. The van der Waals surface area contributed by atoms with E-state index in [-0.39, 0.29) is 10.6 Å². The van der Waals surface area contributed by atoms with E-state index in [0.717, 1.165) is 5.56 Å². The van der Waals surface area contributed by atoms with Crippen molar-refractivity contribution in [2.75, 3.05) is 17.1 Å². The van der Waals surface area contributed by atoms with Crippen LogP contribution in [-0.2, 0) is 10.0 Å². The SMILES string of the molecule is Cc1cccc(N(C)S(=O)(=O)c2c(N)cc(Br)cc2Br)c1. The molecule has 0 aliphatic rings. The summed E-state index contributed by atoms with van der Waals surface area (Å²) in [5, 5.41) is 0. The minimum atomic E-state index is -3.75. The molecule has 0 saturated heterocycles. The Morgan fingerprint density at radius 3 is 2.38 bits per heavy atom. The smallest absolute Gasteiger partial charge is 0.267 e. The Morgan fingerprint density at radius 1 is 1.14 bits per heavy atom. The Labute approximate surface area is 141 Å². The molecule has 2 N–H and O–H groups in total. The van der Waals surface area contributed by atoms with Gasteiger partial charge in [-0.3, -0.25) is 4.31 Å². The Morgan fingerprint density at radius 2 is 1.81 bits per heavy atom. The molecule has 7 heteroatoms. The summed E-state index contributed by atoms with van der Waals surface area (Å²) >= 11 is 6.56. The summed E-state index contributed by atoms with van der Waals surface area (Å²) in [6.45, 7) is 1.91. The molecule has 2 aromatic carbocycles. The summed E-state index contributed by atoms with van der Waals surface area (Å²) in [4.78, 5) is 0.0645. The lowest BCUT2D eigenvalue weighted by Crippen LogP contribution is -2.27. The molecule has 0 amide bonds. The van der Waals surface area contributed by atoms with Crippen molar-refractivity contribution in [3.05, 3.63) is 50.9 Å². The van der Waals surface area contributed by atoms with Crippen LogP contribution in [-0.4, -0.2) is 15.5 Å². The molecule has 0 radical (unpaired) electrons. The minimum Gasteiger partial charge on any atom is -0.398 e. The summed E-state index contributed by atoms with van der Waals surface area (Å²) in [5.41, 5.74) is 7.65. The van der Waals surface area contributed by atoms with Crippen molar-refractivity contribution >= 4 is 53.3 Å². The molecule has 4 nitrogen and oxygen atoms in total. The zero-order valence-corrected chi connectivity index (χ0v) is 15.5. The van der Waals surface area contributed by atoms with E-state index in [4.69, 9.17) is 5.73 Å². The normalized spacial score (nSPS) is 11.4. The van der Waals surface area contributed by atoms with Crippen LogP contribution in [0.2, 0.25) is 0 Å². The Balaban J connectivity index is 2.57. The number of aryl methyl sites for hydroxylation is 1. The van der Waals surface area contributed by atoms with Gasteiger partial charge in [0.05, 0.1) is 11.4 Å². The van der Waals surface area contributed by atoms with E-state index >= 15 is 0 Å². The second kappa shape index (κ2) is 5.98. The van der Waals surface area contributed by atoms with E-state index in [9.17, 15) is 8.42 Å². The molecule has 21 heavy (non-hydrogen) atoms. The topological polar surface area (TPSA) is 63.4 Å². The van der Waals surface area contributed by atoms with Gasteiger partial charge in [-0.05, 0) is 52.7 Å². The molecule has 112 valence electrons. The fourth-order valence-electron chi connectivity index (χ4n) is 1.95. The van der Waals surface area contributed by atoms with E-state index in [1.54, 1.807) is 24.3 Å². The van der Waals surface area contributed by atoms with Gasteiger partial charge in [0.25, 0.3) is 10.0 Å². The van der Waals surface area contributed by atoms with Crippen molar-refractivity contribution < 1.29 is 8.42 Å². The van der Waals surface area contributed by atoms with Gasteiger partial charge in [0.2, 0.25) is 0 Å². The zero-order valence-electron chi connectivity index (χ0n) is 11.5. The van der Waals surface area contributed by atoms with E-state index in [0.29, 0.717) is 14.6 Å². The Kier molecular flexibility index (Phi) is 4.65. The molecular formula is C14H14Br2N2O2S. The van der Waals surface area contributed by atoms with E-state index in [2.05, 4.69) is 31.9 Å². The lowest BCUT2D eigenvalue weighted by Gasteiger charge is -2.21. The highest BCUT2D eigenvalue weighted by Crippen LogP contribution is 2.34. The van der Waals surface area contributed by atoms with Crippen LogP contribution in [0.25, 0.3) is 0 Å². The molecule has 0 aliphatic heterocycles. The van der Waals surface area contributed by atoms with Crippen molar-refractivity contribution in [2.24, 2.45) is 0 Å². The molecule has 2 aromatic rings. The monoisotopic (exact) mass is 432 g/mol. The standard InChI is InChI=1S/C14H14Br2N2O2S/c1-9-4-3-5-11(6-9)18(2)21(19,20)14-12(16)7-10(15)8-13(14)17/h3-8H,17H2,1-2H3. The maximum Gasteiger partial charge on any atom is 0.267 e. The summed E-state index contributed by atoms with van der Waals surface area (Å²) in [7, 11) is -2.23. The molecule has 0 aromatic heterocycles. The largest absolute Gasteiger partial charge is 0.398 e. The highest BCUT2D eigenvalue weighted by Gasteiger charge is 2.26. The molecule has 0 spiro atoms. The number of hydrogen-bond donors (Lipinski definition) is 1.